The van der Waals surface area contributed by atoms with Crippen molar-refractivity contribution in [1.82, 2.24) is 20.9 Å². The summed E-state index contributed by atoms with van der Waals surface area (Å²) in [5.41, 5.74) is 9.31. The number of imide groups is 1. The van der Waals surface area contributed by atoms with Gasteiger partial charge >= 0.3 is 12.0 Å². The first kappa shape index (κ1) is 55.1. The van der Waals surface area contributed by atoms with Crippen molar-refractivity contribution in [3.05, 3.63) is 131 Å². The average molecular weight is 973 g/mol. The Labute approximate surface area is 418 Å². The van der Waals surface area contributed by atoms with Crippen LogP contribution in [0, 0.1) is 11.8 Å². The first-order valence-corrected chi connectivity index (χ1v) is 24.7. The van der Waals surface area contributed by atoms with Gasteiger partial charge in [0, 0.05) is 36.0 Å². The van der Waals surface area contributed by atoms with Gasteiger partial charge in [0.05, 0.1) is 32.0 Å². The van der Waals surface area contributed by atoms with Gasteiger partial charge in [0.15, 0.2) is 6.04 Å². The van der Waals surface area contributed by atoms with Crippen molar-refractivity contribution in [3.8, 4) is 11.5 Å². The maximum Gasteiger partial charge on any atom is 0.332 e. The molecule has 1 heterocycles. The molecular formula is C56H72N6O9. The Morgan fingerprint density at radius 3 is 1.55 bits per heavy atom. The quantitative estimate of drug-likeness (QED) is 0.0368. The van der Waals surface area contributed by atoms with Crippen molar-refractivity contribution in [3.63, 3.8) is 0 Å². The summed E-state index contributed by atoms with van der Waals surface area (Å²) >= 11 is 0. The number of nitrogens with zero attached hydrogens (tertiary/aromatic N) is 2. The van der Waals surface area contributed by atoms with Crippen molar-refractivity contribution in [2.24, 2.45) is 22.6 Å². The van der Waals surface area contributed by atoms with Gasteiger partial charge < -0.3 is 35.9 Å². The molecule has 2 unspecified atom stereocenters. The molecule has 3 fully saturated rings. The number of nitrogens with one attached hydrogen (secondary N) is 3. The minimum atomic E-state index is -0.706. The maximum atomic E-state index is 13.0. The van der Waals surface area contributed by atoms with Gasteiger partial charge in [0.1, 0.15) is 17.5 Å². The van der Waals surface area contributed by atoms with E-state index >= 15 is 0 Å². The summed E-state index contributed by atoms with van der Waals surface area (Å²) in [4.78, 5) is 77.0. The van der Waals surface area contributed by atoms with Crippen LogP contribution in [-0.2, 0) is 30.0 Å². The second-order valence-corrected chi connectivity index (χ2v) is 19.2. The minimum absolute atomic E-state index is 0.0366. The Morgan fingerprint density at radius 1 is 0.718 bits per heavy atom. The Hall–Kier alpha value is -6.83. The van der Waals surface area contributed by atoms with Gasteiger partial charge in [-0.15, -0.1) is 0 Å². The number of isocyanates is 1. The summed E-state index contributed by atoms with van der Waals surface area (Å²) in [5.74, 6) is 0.295. The maximum absolute atomic E-state index is 13.0. The van der Waals surface area contributed by atoms with E-state index in [0.29, 0.717) is 55.2 Å². The van der Waals surface area contributed by atoms with Crippen molar-refractivity contribution >= 4 is 35.8 Å². The van der Waals surface area contributed by atoms with Gasteiger partial charge in [0.25, 0.3) is 17.7 Å². The van der Waals surface area contributed by atoms with Crippen LogP contribution in [0.3, 0.4) is 0 Å². The summed E-state index contributed by atoms with van der Waals surface area (Å²) in [5, 5.41) is 9.11. The summed E-state index contributed by atoms with van der Waals surface area (Å²) in [6.07, 6.45) is 8.23. The molecule has 0 spiro atoms. The zero-order valence-corrected chi connectivity index (χ0v) is 42.3. The van der Waals surface area contributed by atoms with E-state index in [1.165, 1.54) is 16.5 Å². The van der Waals surface area contributed by atoms with E-state index in [2.05, 4.69) is 57.3 Å². The monoisotopic (exact) mass is 973 g/mol. The molecule has 4 aromatic rings. The Morgan fingerprint density at radius 2 is 1.15 bits per heavy atom. The second-order valence-electron chi connectivity index (χ2n) is 19.2. The number of aliphatic imine (C=N–C) groups is 1. The normalized spacial score (nSPS) is 22.0. The topological polar surface area (TPSA) is 208 Å². The molecule has 15 heteroatoms. The third-order valence-corrected chi connectivity index (χ3v) is 13.9. The molecule has 380 valence electrons. The molecule has 1 aliphatic heterocycles. The summed E-state index contributed by atoms with van der Waals surface area (Å²) in [6, 6.07) is 33.9. The van der Waals surface area contributed by atoms with Crippen molar-refractivity contribution < 1.29 is 43.0 Å². The minimum Gasteiger partial charge on any atom is -0.496 e. The lowest BCUT2D eigenvalue weighted by atomic mass is 9.67. The van der Waals surface area contributed by atoms with E-state index in [1.54, 1.807) is 53.2 Å². The lowest BCUT2D eigenvalue weighted by molar-refractivity contribution is -0.145. The molecule has 4 aromatic carbocycles. The third-order valence-electron chi connectivity index (χ3n) is 13.9. The third kappa shape index (κ3) is 14.2. The van der Waals surface area contributed by atoms with E-state index in [0.717, 1.165) is 44.1 Å². The Kier molecular flexibility index (Phi) is 20.5. The van der Waals surface area contributed by atoms with Crippen LogP contribution >= 0.6 is 0 Å². The molecular weight excluding hydrogens is 901 g/mol. The first-order chi connectivity index (χ1) is 34.1. The van der Waals surface area contributed by atoms with E-state index in [4.69, 9.17) is 19.9 Å². The standard InChI is InChI=1S/C27H33N3O4.C21H26N2O2.C8H13NO3/c1-18(2)23-25(32)30(26(33)29-23)20-13-15-27(16-14-20,19-9-5-4-6-10-19)17-28-24(31)21-11-7-8-12-22(21)34-3;1-25-19-10-6-5-9-18(19)20(24)23-15-21(13-11-17(22)12-14-21)16-7-3-2-4-8-16;1-4-12-8(11)7(6(2)3)9-5-10/h4-12,18,20,23H,13-17H2,1-3H3,(H,28,31)(H,29,33);2-10,17H,11-15,22H2,1H3,(H,23,24);6-7H,4H2,1-3H3. The number of benzene rings is 4. The molecule has 5 N–H and O–H groups in total. The van der Waals surface area contributed by atoms with Crippen LogP contribution in [0.4, 0.5) is 4.79 Å². The zero-order valence-electron chi connectivity index (χ0n) is 42.3. The average Bonchev–Trinajstić information content (AvgIpc) is 3.70. The van der Waals surface area contributed by atoms with E-state index in [1.807, 2.05) is 68.4 Å². The molecule has 3 aliphatic rings. The van der Waals surface area contributed by atoms with Gasteiger partial charge in [-0.3, -0.25) is 19.3 Å². The molecule has 15 nitrogen and oxygen atoms in total. The van der Waals surface area contributed by atoms with Gasteiger partial charge in [-0.05, 0) is 106 Å². The van der Waals surface area contributed by atoms with Crippen LogP contribution in [0.25, 0.3) is 0 Å². The fourth-order valence-electron chi connectivity index (χ4n) is 9.75. The molecule has 5 amide bonds. The highest BCUT2D eigenvalue weighted by Crippen LogP contribution is 2.42. The van der Waals surface area contributed by atoms with Crippen molar-refractivity contribution in [1.29, 1.82) is 0 Å². The van der Waals surface area contributed by atoms with Crippen molar-refractivity contribution in [2.75, 3.05) is 33.9 Å². The molecule has 2 atom stereocenters. The van der Waals surface area contributed by atoms with Gasteiger partial charge in [-0.2, -0.15) is 4.99 Å². The molecule has 0 radical (unpaired) electrons. The van der Waals surface area contributed by atoms with E-state index in [9.17, 15) is 28.8 Å². The molecule has 0 bridgehead atoms. The fraction of sp³-hybridized carbons (Fsp3) is 0.464. The van der Waals surface area contributed by atoms with E-state index in [-0.39, 0.29) is 58.5 Å². The van der Waals surface area contributed by atoms with Gasteiger partial charge in [0.2, 0.25) is 6.08 Å². The highest BCUT2D eigenvalue weighted by molar-refractivity contribution is 6.04. The summed E-state index contributed by atoms with van der Waals surface area (Å²) < 4.78 is 15.4. The number of urea groups is 1. The van der Waals surface area contributed by atoms with Crippen LogP contribution in [0.1, 0.15) is 118 Å². The summed E-state index contributed by atoms with van der Waals surface area (Å²) in [6.45, 7) is 10.6. The number of hydrogen-bond acceptors (Lipinski definition) is 11. The first-order valence-electron chi connectivity index (χ1n) is 24.7. The van der Waals surface area contributed by atoms with Crippen LogP contribution in [0.15, 0.2) is 114 Å². The number of hydrogen-bond donors (Lipinski definition) is 4. The highest BCUT2D eigenvalue weighted by Gasteiger charge is 2.47. The number of carbonyl (C=O) groups is 5. The molecule has 7 rings (SSSR count). The summed E-state index contributed by atoms with van der Waals surface area (Å²) in [7, 11) is 3.14. The number of esters is 1. The number of para-hydroxylation sites is 2. The van der Waals surface area contributed by atoms with Crippen molar-refractivity contribution in [2.45, 2.75) is 121 Å². The van der Waals surface area contributed by atoms with Crippen LogP contribution in [0.2, 0.25) is 0 Å². The molecule has 0 aromatic heterocycles. The Balaban J connectivity index is 0.000000222. The second kappa shape index (κ2) is 26.4. The fourth-order valence-corrected chi connectivity index (χ4v) is 9.75. The number of carbonyl (C=O) groups excluding carboxylic acids is 6. The highest BCUT2D eigenvalue weighted by atomic mass is 16.5. The SMILES string of the molecule is CCOC(=O)C(N=C=O)C(C)C.COc1ccccc1C(=O)NCC1(c2ccccc2)CCC(N)CC1.COc1ccccc1C(=O)NCC1(c2ccccc2)CCC(N2C(=O)NC(C(C)C)C2=O)CC1. The smallest absolute Gasteiger partial charge is 0.332 e. The molecule has 2 aliphatic carbocycles. The number of rotatable bonds is 16. The van der Waals surface area contributed by atoms with E-state index < -0.39 is 18.1 Å². The molecule has 71 heavy (non-hydrogen) atoms. The predicted molar refractivity (Wildman–Crippen MR) is 273 cm³/mol. The number of methoxy groups -OCH3 is 2. The lowest BCUT2D eigenvalue weighted by Crippen LogP contribution is -2.49. The zero-order chi connectivity index (χ0) is 51.6. The van der Waals surface area contributed by atoms with Gasteiger partial charge in [-0.1, -0.05) is 113 Å². The Bertz CT molecular complexity index is 2430. The number of nitrogens with two attached hydrogens (primary N) is 1. The molecule has 2 saturated carbocycles. The van der Waals surface area contributed by atoms with Crippen LogP contribution < -0.4 is 31.2 Å². The number of ether oxygens (including phenoxy) is 3. The van der Waals surface area contributed by atoms with Crippen LogP contribution in [-0.4, -0.2) is 98.8 Å². The van der Waals surface area contributed by atoms with Gasteiger partial charge in [-0.25, -0.2) is 14.4 Å². The lowest BCUT2D eigenvalue weighted by Gasteiger charge is -2.42. The van der Waals surface area contributed by atoms with Crippen LogP contribution in [0.5, 0.6) is 11.5 Å². The largest absolute Gasteiger partial charge is 0.496 e. The predicted octanol–water partition coefficient (Wildman–Crippen LogP) is 8.06. The number of amides is 5. The molecule has 1 saturated heterocycles.